The lowest BCUT2D eigenvalue weighted by molar-refractivity contribution is 0.00271. The van der Waals surface area contributed by atoms with Crippen LogP contribution in [0.4, 0.5) is 0 Å². The summed E-state index contributed by atoms with van der Waals surface area (Å²) in [6.45, 7) is 4.74. The van der Waals surface area contributed by atoms with Crippen LogP contribution >= 0.6 is 0 Å². The fraction of sp³-hybridized carbons (Fsp3) is 0.778. The normalized spacial score (nSPS) is 36.1. The van der Waals surface area contributed by atoms with Gasteiger partial charge in [0, 0.05) is 0 Å². The van der Waals surface area contributed by atoms with Crippen LogP contribution in [0.5, 0.6) is 0 Å². The highest BCUT2D eigenvalue weighted by molar-refractivity contribution is 5.22. The van der Waals surface area contributed by atoms with E-state index in [2.05, 4.69) is 18.2 Å². The van der Waals surface area contributed by atoms with E-state index < -0.39 is 12.2 Å². The number of ether oxygens (including phenoxy) is 1. The highest BCUT2D eigenvalue weighted by Crippen LogP contribution is 2.49. The monoisotopic (exact) mass is 432 g/mol. The molecule has 0 saturated heterocycles. The Balaban J connectivity index is 1.43. The molecule has 1 spiro atoms. The molecule has 0 aromatic carbocycles. The van der Waals surface area contributed by atoms with Crippen molar-refractivity contribution in [2.24, 2.45) is 11.3 Å². The van der Waals surface area contributed by atoms with Crippen LogP contribution in [0.1, 0.15) is 90.9 Å². The molecule has 31 heavy (non-hydrogen) atoms. The lowest BCUT2D eigenvalue weighted by Crippen LogP contribution is -2.33. The van der Waals surface area contributed by atoms with Crippen LogP contribution in [0, 0.1) is 11.3 Å². The Kier molecular flexibility index (Phi) is 9.39. The first-order valence-electron chi connectivity index (χ1n) is 12.5. The Morgan fingerprint density at radius 1 is 1.00 bits per heavy atom. The number of hydrogen-bond donors (Lipinski definition) is 3. The van der Waals surface area contributed by atoms with Crippen molar-refractivity contribution >= 4 is 0 Å². The molecule has 3 N–H and O–H groups in total. The molecule has 3 atom stereocenters. The highest BCUT2D eigenvalue weighted by Gasteiger charge is 2.37. The van der Waals surface area contributed by atoms with Crippen LogP contribution in [0.3, 0.4) is 0 Å². The van der Waals surface area contributed by atoms with E-state index in [0.717, 1.165) is 12.8 Å². The van der Waals surface area contributed by atoms with Gasteiger partial charge in [0.1, 0.15) is 0 Å². The molecule has 3 rings (SSSR count). The number of aliphatic hydroxyl groups excluding tert-OH is 3. The zero-order chi connectivity index (χ0) is 22.3. The molecular weight excluding hydrogens is 388 g/mol. The predicted molar refractivity (Wildman–Crippen MR) is 126 cm³/mol. The SMILES string of the molecule is CC(C)C(O)C/C=C/COC1CCC2(CCC/C(=C\C=C3C[C@@H](O)C[C@@H](O)C3)C2)CC1. The van der Waals surface area contributed by atoms with E-state index in [4.69, 9.17) is 4.74 Å². The summed E-state index contributed by atoms with van der Waals surface area (Å²) in [5.74, 6) is 0.298. The molecule has 0 radical (unpaired) electrons. The molecule has 176 valence electrons. The summed E-state index contributed by atoms with van der Waals surface area (Å²) < 4.78 is 6.09. The van der Waals surface area contributed by atoms with E-state index in [-0.39, 0.29) is 6.10 Å². The lowest BCUT2D eigenvalue weighted by Gasteiger charge is -2.43. The summed E-state index contributed by atoms with van der Waals surface area (Å²) >= 11 is 0. The Bertz CT molecular complexity index is 628. The van der Waals surface area contributed by atoms with Gasteiger partial charge in [-0.15, -0.1) is 0 Å². The van der Waals surface area contributed by atoms with Crippen molar-refractivity contribution in [3.05, 3.63) is 35.5 Å². The van der Waals surface area contributed by atoms with Crippen LogP contribution in [-0.4, -0.2) is 46.3 Å². The molecule has 0 aromatic heterocycles. The second-order valence-electron chi connectivity index (χ2n) is 10.7. The Labute approximate surface area is 189 Å². The van der Waals surface area contributed by atoms with Crippen molar-refractivity contribution in [3.8, 4) is 0 Å². The molecule has 3 aliphatic carbocycles. The third-order valence-electron chi connectivity index (χ3n) is 7.64. The van der Waals surface area contributed by atoms with Crippen LogP contribution in [0.15, 0.2) is 35.5 Å². The summed E-state index contributed by atoms with van der Waals surface area (Å²) in [4.78, 5) is 0. The van der Waals surface area contributed by atoms with Crippen molar-refractivity contribution < 1.29 is 20.1 Å². The van der Waals surface area contributed by atoms with Gasteiger partial charge in [-0.05, 0) is 88.4 Å². The van der Waals surface area contributed by atoms with Crippen LogP contribution in [0.2, 0.25) is 0 Å². The fourth-order valence-corrected chi connectivity index (χ4v) is 5.60. The maximum Gasteiger partial charge on any atom is 0.0651 e. The molecular formula is C27H44O4. The maximum absolute atomic E-state index is 9.90. The van der Waals surface area contributed by atoms with E-state index in [1.165, 1.54) is 44.1 Å². The van der Waals surface area contributed by atoms with Crippen molar-refractivity contribution in [1.82, 2.24) is 0 Å². The zero-order valence-electron chi connectivity index (χ0n) is 19.6. The molecule has 4 nitrogen and oxygen atoms in total. The third-order valence-corrected chi connectivity index (χ3v) is 7.64. The van der Waals surface area contributed by atoms with Gasteiger partial charge in [0.25, 0.3) is 0 Å². The topological polar surface area (TPSA) is 69.9 Å². The molecule has 4 heteroatoms. The first-order chi connectivity index (χ1) is 14.8. The second-order valence-corrected chi connectivity index (χ2v) is 10.7. The lowest BCUT2D eigenvalue weighted by atomic mass is 9.63. The van der Waals surface area contributed by atoms with Gasteiger partial charge >= 0.3 is 0 Å². The van der Waals surface area contributed by atoms with Gasteiger partial charge in [0.05, 0.1) is 31.0 Å². The van der Waals surface area contributed by atoms with E-state index in [1.807, 2.05) is 19.9 Å². The molecule has 3 aliphatic rings. The summed E-state index contributed by atoms with van der Waals surface area (Å²) in [7, 11) is 0. The second kappa shape index (κ2) is 11.8. The van der Waals surface area contributed by atoms with Crippen molar-refractivity contribution in [3.63, 3.8) is 0 Å². The largest absolute Gasteiger partial charge is 0.393 e. The number of allylic oxidation sites excluding steroid dienone is 3. The minimum Gasteiger partial charge on any atom is -0.393 e. The quantitative estimate of drug-likeness (QED) is 0.482. The van der Waals surface area contributed by atoms with Gasteiger partial charge in [0.15, 0.2) is 0 Å². The zero-order valence-corrected chi connectivity index (χ0v) is 19.6. The van der Waals surface area contributed by atoms with Crippen molar-refractivity contribution in [2.45, 2.75) is 115 Å². The third kappa shape index (κ3) is 7.85. The van der Waals surface area contributed by atoms with E-state index >= 15 is 0 Å². The molecule has 0 bridgehead atoms. The Hall–Kier alpha value is -0.940. The van der Waals surface area contributed by atoms with Crippen LogP contribution in [-0.2, 0) is 4.74 Å². The molecule has 0 amide bonds. The predicted octanol–water partition coefficient (Wildman–Crippen LogP) is 5.23. The van der Waals surface area contributed by atoms with Gasteiger partial charge in [-0.25, -0.2) is 0 Å². The molecule has 0 aliphatic heterocycles. The number of hydrogen-bond acceptors (Lipinski definition) is 4. The van der Waals surface area contributed by atoms with E-state index in [9.17, 15) is 15.3 Å². The standard InChI is InChI=1S/C27H44O4/c1-20(2)26(30)7-3-4-15-31-25-10-13-27(14-11-25)12-5-6-21(19-27)8-9-22-16-23(28)18-24(29)17-22/h3-4,8-9,20,23-26,28-30H,5-7,10-19H2,1-2H3/b4-3+,21-8+,22-9?/t23-,24+,25?,26?,27?. The fourth-order valence-electron chi connectivity index (χ4n) is 5.60. The molecule has 0 aromatic rings. The number of rotatable bonds is 7. The number of aliphatic hydroxyl groups is 3. The van der Waals surface area contributed by atoms with Gasteiger partial charge < -0.3 is 20.1 Å². The van der Waals surface area contributed by atoms with Crippen molar-refractivity contribution in [2.75, 3.05) is 6.61 Å². The summed E-state index contributed by atoms with van der Waals surface area (Å²) in [5.41, 5.74) is 3.18. The van der Waals surface area contributed by atoms with Crippen LogP contribution < -0.4 is 0 Å². The average Bonchev–Trinajstić information content (AvgIpc) is 2.73. The smallest absolute Gasteiger partial charge is 0.0651 e. The minimum atomic E-state index is -0.392. The minimum absolute atomic E-state index is 0.261. The average molecular weight is 433 g/mol. The Morgan fingerprint density at radius 2 is 1.68 bits per heavy atom. The first kappa shape index (κ1) is 24.7. The molecule has 0 heterocycles. The maximum atomic E-state index is 9.90. The molecule has 3 fully saturated rings. The van der Waals surface area contributed by atoms with E-state index in [1.54, 1.807) is 5.57 Å². The molecule has 1 unspecified atom stereocenters. The van der Waals surface area contributed by atoms with Gasteiger partial charge in [-0.2, -0.15) is 0 Å². The van der Waals surface area contributed by atoms with Crippen molar-refractivity contribution in [1.29, 1.82) is 0 Å². The Morgan fingerprint density at radius 3 is 2.35 bits per heavy atom. The van der Waals surface area contributed by atoms with E-state index in [0.29, 0.717) is 49.7 Å². The highest BCUT2D eigenvalue weighted by atomic mass is 16.5. The van der Waals surface area contributed by atoms with Gasteiger partial charge in [-0.3, -0.25) is 0 Å². The van der Waals surface area contributed by atoms with Gasteiger partial charge in [0.2, 0.25) is 0 Å². The van der Waals surface area contributed by atoms with Gasteiger partial charge in [-0.1, -0.05) is 49.3 Å². The summed E-state index contributed by atoms with van der Waals surface area (Å²) in [6, 6.07) is 0. The first-order valence-corrected chi connectivity index (χ1v) is 12.5. The summed E-state index contributed by atoms with van der Waals surface area (Å²) in [5, 5.41) is 29.6. The van der Waals surface area contributed by atoms with Crippen LogP contribution in [0.25, 0.3) is 0 Å². The molecule has 3 saturated carbocycles. The summed E-state index contributed by atoms with van der Waals surface area (Å²) in [6.07, 6.45) is 20.3.